The molecular formula is C15H19Cl2N3. The van der Waals surface area contributed by atoms with Gasteiger partial charge in [0.15, 0.2) is 0 Å². The third kappa shape index (κ3) is 2.43. The van der Waals surface area contributed by atoms with Crippen LogP contribution in [0.25, 0.3) is 11.0 Å². The lowest BCUT2D eigenvalue weighted by Crippen LogP contribution is -2.30. The monoisotopic (exact) mass is 311 g/mol. The quantitative estimate of drug-likeness (QED) is 0.796. The fourth-order valence-electron chi connectivity index (χ4n) is 3.07. The zero-order valence-corrected chi connectivity index (χ0v) is 13.3. The molecule has 3 rings (SSSR count). The normalized spacial score (nSPS) is 21.7. The van der Waals surface area contributed by atoms with Gasteiger partial charge in [0.2, 0.25) is 0 Å². The number of hydrogen-bond donors (Lipinski definition) is 0. The first-order valence-electron chi connectivity index (χ1n) is 7.07. The van der Waals surface area contributed by atoms with Gasteiger partial charge in [-0.25, -0.2) is 4.98 Å². The van der Waals surface area contributed by atoms with Crippen LogP contribution in [-0.4, -0.2) is 34.1 Å². The number of alkyl halides is 1. The highest BCUT2D eigenvalue weighted by Crippen LogP contribution is 2.30. The molecule has 0 N–H and O–H groups in total. The van der Waals surface area contributed by atoms with Crippen LogP contribution in [0.2, 0.25) is 5.02 Å². The number of halogens is 2. The molecule has 2 aromatic rings. The molecule has 3 nitrogen and oxygen atoms in total. The third-order valence-electron chi connectivity index (χ3n) is 4.17. The summed E-state index contributed by atoms with van der Waals surface area (Å²) in [6.45, 7) is 4.03. The minimum absolute atomic E-state index is 0.120. The summed E-state index contributed by atoms with van der Waals surface area (Å²) < 4.78 is 2.21. The molecule has 2 atom stereocenters. The van der Waals surface area contributed by atoms with Crippen molar-refractivity contribution in [2.24, 2.45) is 0 Å². The van der Waals surface area contributed by atoms with E-state index in [1.807, 2.05) is 25.1 Å². The largest absolute Gasteiger partial charge is 0.324 e. The van der Waals surface area contributed by atoms with Gasteiger partial charge < -0.3 is 9.47 Å². The summed E-state index contributed by atoms with van der Waals surface area (Å²) in [5.41, 5.74) is 1.94. The molecule has 0 bridgehead atoms. The SMILES string of the molecule is CC(Cl)c1nc2cccc(Cl)c2n1CC1CCCN1C. The van der Waals surface area contributed by atoms with Crippen molar-refractivity contribution in [2.75, 3.05) is 13.6 Å². The summed E-state index contributed by atoms with van der Waals surface area (Å²) in [5, 5.41) is 0.629. The Balaban J connectivity index is 2.08. The summed E-state index contributed by atoms with van der Waals surface area (Å²) in [6.07, 6.45) is 2.48. The molecule has 1 aromatic heterocycles. The van der Waals surface area contributed by atoms with Gasteiger partial charge >= 0.3 is 0 Å². The fourth-order valence-corrected chi connectivity index (χ4v) is 3.51. The second-order valence-corrected chi connectivity index (χ2v) is 6.64. The number of rotatable bonds is 3. The van der Waals surface area contributed by atoms with Crippen molar-refractivity contribution in [3.05, 3.63) is 29.0 Å². The minimum Gasteiger partial charge on any atom is -0.324 e. The van der Waals surface area contributed by atoms with Gasteiger partial charge in [-0.15, -0.1) is 11.6 Å². The first kappa shape index (κ1) is 14.2. The number of likely N-dealkylation sites (tertiary alicyclic amines) is 1. The molecule has 1 aliphatic heterocycles. The molecule has 0 saturated carbocycles. The summed E-state index contributed by atoms with van der Waals surface area (Å²) in [4.78, 5) is 7.08. The van der Waals surface area contributed by atoms with E-state index in [2.05, 4.69) is 21.5 Å². The van der Waals surface area contributed by atoms with Crippen LogP contribution < -0.4 is 0 Å². The Labute approximate surface area is 129 Å². The van der Waals surface area contributed by atoms with Gasteiger partial charge in [0, 0.05) is 12.6 Å². The summed E-state index contributed by atoms with van der Waals surface area (Å²) in [7, 11) is 2.18. The van der Waals surface area contributed by atoms with E-state index in [9.17, 15) is 0 Å². The van der Waals surface area contributed by atoms with Gasteiger partial charge in [-0.1, -0.05) is 17.7 Å². The predicted octanol–water partition coefficient (Wildman–Crippen LogP) is 4.08. The Morgan fingerprint density at radius 3 is 2.90 bits per heavy atom. The minimum atomic E-state index is -0.120. The first-order valence-corrected chi connectivity index (χ1v) is 7.88. The van der Waals surface area contributed by atoms with Crippen LogP contribution in [0.15, 0.2) is 18.2 Å². The first-order chi connectivity index (χ1) is 9.58. The number of para-hydroxylation sites is 1. The fraction of sp³-hybridized carbons (Fsp3) is 0.533. The molecule has 1 aliphatic rings. The van der Waals surface area contributed by atoms with Crippen molar-refractivity contribution in [1.82, 2.24) is 14.5 Å². The van der Waals surface area contributed by atoms with Crippen molar-refractivity contribution < 1.29 is 0 Å². The van der Waals surface area contributed by atoms with E-state index in [-0.39, 0.29) is 5.38 Å². The number of benzene rings is 1. The molecule has 5 heteroatoms. The molecule has 0 amide bonds. The van der Waals surface area contributed by atoms with Gasteiger partial charge in [-0.05, 0) is 45.5 Å². The summed E-state index contributed by atoms with van der Waals surface area (Å²) in [6, 6.07) is 6.40. The average Bonchev–Trinajstić information content (AvgIpc) is 2.96. The van der Waals surface area contributed by atoms with Crippen LogP contribution >= 0.6 is 23.2 Å². The second kappa shape index (κ2) is 5.55. The van der Waals surface area contributed by atoms with E-state index in [4.69, 9.17) is 23.2 Å². The maximum absolute atomic E-state index is 6.38. The Hall–Kier alpha value is -0.770. The molecule has 0 aliphatic carbocycles. The van der Waals surface area contributed by atoms with Crippen LogP contribution in [0.5, 0.6) is 0 Å². The smallest absolute Gasteiger partial charge is 0.127 e. The molecule has 2 unspecified atom stereocenters. The van der Waals surface area contributed by atoms with Crippen LogP contribution in [-0.2, 0) is 6.54 Å². The Bertz CT molecular complexity index is 621. The molecule has 1 saturated heterocycles. The van der Waals surface area contributed by atoms with Crippen LogP contribution in [0.1, 0.15) is 31.0 Å². The van der Waals surface area contributed by atoms with Crippen molar-refractivity contribution in [1.29, 1.82) is 0 Å². The van der Waals surface area contributed by atoms with Gasteiger partial charge in [0.1, 0.15) is 5.82 Å². The maximum atomic E-state index is 6.38. The lowest BCUT2D eigenvalue weighted by atomic mass is 10.2. The molecular weight excluding hydrogens is 293 g/mol. The number of likely N-dealkylation sites (N-methyl/N-ethyl adjacent to an activating group) is 1. The molecule has 1 aromatic carbocycles. The van der Waals surface area contributed by atoms with Crippen molar-refractivity contribution in [2.45, 2.75) is 37.7 Å². The molecule has 0 radical (unpaired) electrons. The maximum Gasteiger partial charge on any atom is 0.127 e. The second-order valence-electron chi connectivity index (χ2n) is 5.58. The highest BCUT2D eigenvalue weighted by Gasteiger charge is 2.25. The topological polar surface area (TPSA) is 21.1 Å². The molecule has 0 spiro atoms. The molecule has 108 valence electrons. The zero-order chi connectivity index (χ0) is 14.3. The predicted molar refractivity (Wildman–Crippen MR) is 84.7 cm³/mol. The number of hydrogen-bond acceptors (Lipinski definition) is 2. The van der Waals surface area contributed by atoms with E-state index in [1.165, 1.54) is 12.8 Å². The van der Waals surface area contributed by atoms with Crippen LogP contribution in [0.3, 0.4) is 0 Å². The highest BCUT2D eigenvalue weighted by atomic mass is 35.5. The Morgan fingerprint density at radius 2 is 2.25 bits per heavy atom. The molecule has 20 heavy (non-hydrogen) atoms. The van der Waals surface area contributed by atoms with E-state index in [1.54, 1.807) is 0 Å². The third-order valence-corrected chi connectivity index (χ3v) is 4.67. The van der Waals surface area contributed by atoms with Crippen molar-refractivity contribution in [3.8, 4) is 0 Å². The van der Waals surface area contributed by atoms with E-state index >= 15 is 0 Å². The summed E-state index contributed by atoms with van der Waals surface area (Å²) in [5.74, 6) is 0.912. The number of nitrogens with zero attached hydrogens (tertiary/aromatic N) is 3. The van der Waals surface area contributed by atoms with Crippen LogP contribution in [0, 0.1) is 0 Å². The van der Waals surface area contributed by atoms with E-state index in [0.717, 1.165) is 35.0 Å². The number of aromatic nitrogens is 2. The van der Waals surface area contributed by atoms with Gasteiger partial charge in [0.05, 0.1) is 21.4 Å². The van der Waals surface area contributed by atoms with E-state index < -0.39 is 0 Å². The van der Waals surface area contributed by atoms with Gasteiger partial charge in [-0.2, -0.15) is 0 Å². The van der Waals surface area contributed by atoms with Crippen molar-refractivity contribution in [3.63, 3.8) is 0 Å². The van der Waals surface area contributed by atoms with Crippen LogP contribution in [0.4, 0.5) is 0 Å². The average molecular weight is 312 g/mol. The van der Waals surface area contributed by atoms with Gasteiger partial charge in [-0.3, -0.25) is 0 Å². The Morgan fingerprint density at radius 1 is 1.45 bits per heavy atom. The molecule has 2 heterocycles. The lowest BCUT2D eigenvalue weighted by molar-refractivity contribution is 0.282. The van der Waals surface area contributed by atoms with Gasteiger partial charge in [0.25, 0.3) is 0 Å². The molecule has 1 fully saturated rings. The summed E-state index contributed by atoms with van der Waals surface area (Å²) >= 11 is 12.7. The van der Waals surface area contributed by atoms with Crippen molar-refractivity contribution >= 4 is 34.2 Å². The standard InChI is InChI=1S/C15H19Cl2N3/c1-10(16)15-18-13-7-3-6-12(17)14(13)20(15)9-11-5-4-8-19(11)2/h3,6-7,10-11H,4-5,8-9H2,1-2H3. The number of imidazole rings is 1. The van der Waals surface area contributed by atoms with E-state index in [0.29, 0.717) is 6.04 Å². The Kier molecular flexibility index (Phi) is 3.93. The number of fused-ring (bicyclic) bond motifs is 1. The highest BCUT2D eigenvalue weighted by molar-refractivity contribution is 6.35. The lowest BCUT2D eigenvalue weighted by Gasteiger charge is -2.22. The zero-order valence-electron chi connectivity index (χ0n) is 11.8.